The summed E-state index contributed by atoms with van der Waals surface area (Å²) < 4.78 is 181. The van der Waals surface area contributed by atoms with Crippen LogP contribution in [-0.4, -0.2) is 9.97 Å². The fourth-order valence-electron chi connectivity index (χ4n) is 8.24. The molecule has 12 rings (SSSR count). The predicted octanol–water partition coefficient (Wildman–Crippen LogP) is 13.9. The second-order valence-electron chi connectivity index (χ2n) is 13.7. The minimum Gasteiger partial charge on any atom is -0.484 e. The average molecular weight is 746 g/mol. The van der Waals surface area contributed by atoms with Crippen LogP contribution in [0.4, 0.5) is 0 Å². The highest BCUT2D eigenvalue weighted by atomic mass is 16.5. The molecule has 9 aromatic carbocycles. The Morgan fingerprint density at radius 1 is 0.491 bits per heavy atom. The smallest absolute Gasteiger partial charge is 0.135 e. The molecule has 266 valence electrons. The zero-order chi connectivity index (χ0) is 54.0. The zero-order valence-corrected chi connectivity index (χ0v) is 29.5. The largest absolute Gasteiger partial charge is 0.484 e. The van der Waals surface area contributed by atoms with E-state index in [-0.39, 0.29) is 49.2 Å². The predicted molar refractivity (Wildman–Crippen MR) is 236 cm³/mol. The molecule has 2 unspecified atom stereocenters. The molecule has 3 nitrogen and oxygen atoms in total. The van der Waals surface area contributed by atoms with Crippen molar-refractivity contribution in [2.24, 2.45) is 0 Å². The van der Waals surface area contributed by atoms with Gasteiger partial charge in [0.05, 0.1) is 48.7 Å². The van der Waals surface area contributed by atoms with Crippen LogP contribution in [0.1, 0.15) is 60.3 Å². The highest BCUT2D eigenvalue weighted by molar-refractivity contribution is 6.23. The van der Waals surface area contributed by atoms with Gasteiger partial charge in [-0.05, 0) is 72.4 Å². The molecule has 11 aromatic rings. The monoisotopic (exact) mass is 745 g/mol. The lowest BCUT2D eigenvalue weighted by Gasteiger charge is -2.25. The van der Waals surface area contributed by atoms with Gasteiger partial charge in [0.1, 0.15) is 11.9 Å². The summed E-state index contributed by atoms with van der Waals surface area (Å²) >= 11 is 0. The van der Waals surface area contributed by atoms with Crippen molar-refractivity contribution < 1.29 is 30.8 Å². The maximum atomic E-state index is 9.85. The van der Waals surface area contributed by atoms with Crippen molar-refractivity contribution in [3.63, 3.8) is 0 Å². The molecule has 1 aliphatic heterocycles. The number of ether oxygens (including phenoxy) is 1. The lowest BCUT2D eigenvalue weighted by Crippen LogP contribution is -2.10. The number of hydrogen-bond acceptors (Lipinski definition) is 3. The number of benzene rings is 9. The third-order valence-electron chi connectivity index (χ3n) is 10.7. The maximum Gasteiger partial charge on any atom is 0.135 e. The lowest BCUT2D eigenvalue weighted by atomic mass is 9.79. The minimum atomic E-state index is -1.92. The van der Waals surface area contributed by atoms with Crippen LogP contribution in [0.2, 0.25) is 0 Å². The number of nitrogens with zero attached hydrogens (tertiary/aromatic N) is 2. The summed E-state index contributed by atoms with van der Waals surface area (Å²) in [6.45, 7) is 0. The molecule has 0 bridgehead atoms. The molecule has 0 spiro atoms. The third-order valence-corrected chi connectivity index (χ3v) is 10.7. The van der Waals surface area contributed by atoms with E-state index in [0.29, 0.717) is 33.1 Å². The first kappa shape index (κ1) is 18.5. The number of pyridine rings is 2. The molecule has 57 heavy (non-hydrogen) atoms. The van der Waals surface area contributed by atoms with E-state index < -0.39 is 144 Å². The van der Waals surface area contributed by atoms with Crippen molar-refractivity contribution in [2.75, 3.05) is 0 Å². The molecule has 0 fully saturated rings. The first-order valence-corrected chi connectivity index (χ1v) is 18.1. The molecule has 0 N–H and O–H groups in total. The Balaban J connectivity index is 1.25. The first-order chi connectivity index (χ1) is 36.2. The van der Waals surface area contributed by atoms with Gasteiger partial charge in [0.25, 0.3) is 0 Å². The number of rotatable bonds is 5. The van der Waals surface area contributed by atoms with E-state index in [1.165, 1.54) is 0 Å². The van der Waals surface area contributed by atoms with Crippen molar-refractivity contribution in [3.05, 3.63) is 216 Å². The van der Waals surface area contributed by atoms with Crippen LogP contribution in [0, 0.1) is 0 Å². The molecule has 0 radical (unpaired) electrons. The van der Waals surface area contributed by atoms with E-state index >= 15 is 0 Å². The van der Waals surface area contributed by atoms with Gasteiger partial charge in [-0.2, -0.15) is 0 Å². The van der Waals surface area contributed by atoms with Crippen LogP contribution < -0.4 is 0 Å². The van der Waals surface area contributed by atoms with E-state index in [9.17, 15) is 12.3 Å². The van der Waals surface area contributed by atoms with E-state index in [4.69, 9.17) is 23.4 Å². The summed E-state index contributed by atoms with van der Waals surface area (Å²) in [6.07, 6.45) is -0.240. The van der Waals surface area contributed by atoms with E-state index in [2.05, 4.69) is 4.98 Å². The molecule has 3 heterocycles. The normalized spacial score (nSPS) is 20.5. The average Bonchev–Trinajstić information content (AvgIpc) is 3.87. The topological polar surface area (TPSA) is 35.0 Å². The van der Waals surface area contributed by atoms with Gasteiger partial charge in [0, 0.05) is 39.2 Å². The Labute approximate surface area is 356 Å². The number of fused-ring (bicyclic) bond motifs is 4. The SMILES string of the molecule is [2H]c1c([2H])c([2H])c(C2=C(c3ccc(-c4ccc5ccc6cccnc6c5n4)c4ccccc34)OC(c3c([2H])c([2H])c4c([2H])c([2H])c5c([2H])c([2H])c([2H])c6c([2H])c([2H])c3c4c56)C2c2c([2H])c([2H])c([2H])c([2H])c2[2H])c([2H])c1[2H]. The number of aromatic nitrogens is 2. The van der Waals surface area contributed by atoms with E-state index in [0.717, 1.165) is 10.8 Å². The third kappa shape index (κ3) is 4.92. The summed E-state index contributed by atoms with van der Waals surface area (Å²) in [6, 6.07) is 7.85. The van der Waals surface area contributed by atoms with Crippen molar-refractivity contribution in [3.8, 4) is 11.3 Å². The molecule has 0 amide bonds. The Bertz CT molecular complexity index is 4440. The van der Waals surface area contributed by atoms with Crippen LogP contribution >= 0.6 is 0 Å². The minimum absolute atomic E-state index is 0.184. The van der Waals surface area contributed by atoms with Crippen LogP contribution in [0.15, 0.2) is 194 Å². The van der Waals surface area contributed by atoms with Crippen molar-refractivity contribution in [2.45, 2.75) is 12.0 Å². The molecule has 1 aliphatic rings. The van der Waals surface area contributed by atoms with Gasteiger partial charge < -0.3 is 4.74 Å². The van der Waals surface area contributed by atoms with Gasteiger partial charge in [-0.25, -0.2) is 4.98 Å². The summed E-state index contributed by atoms with van der Waals surface area (Å²) in [4.78, 5) is 9.71. The number of hydrogen-bond donors (Lipinski definition) is 0. The van der Waals surface area contributed by atoms with Crippen molar-refractivity contribution in [1.29, 1.82) is 0 Å². The van der Waals surface area contributed by atoms with Gasteiger partial charge in [-0.1, -0.05) is 169 Å². The van der Waals surface area contributed by atoms with Gasteiger partial charge in [-0.3, -0.25) is 4.98 Å². The molecular weight excluding hydrogens is 693 g/mol. The summed E-state index contributed by atoms with van der Waals surface area (Å²) in [5.74, 6) is -2.10. The Morgan fingerprint density at radius 2 is 1.16 bits per heavy atom. The van der Waals surface area contributed by atoms with Crippen LogP contribution in [0.25, 0.3) is 87.5 Å². The van der Waals surface area contributed by atoms with Gasteiger partial charge in [-0.15, -0.1) is 0 Å². The van der Waals surface area contributed by atoms with Crippen LogP contribution in [0.5, 0.6) is 0 Å². The molecule has 2 aromatic heterocycles. The fraction of sp³-hybridized carbons (Fsp3) is 0.0370. The maximum absolute atomic E-state index is 9.85. The fourth-order valence-corrected chi connectivity index (χ4v) is 8.24. The molecule has 0 saturated carbocycles. The van der Waals surface area contributed by atoms with Gasteiger partial charge in [0.2, 0.25) is 0 Å². The molecule has 3 heteroatoms. The Kier molecular flexibility index (Phi) is 4.09. The Hall–Kier alpha value is -7.36. The Morgan fingerprint density at radius 3 is 1.96 bits per heavy atom. The lowest BCUT2D eigenvalue weighted by molar-refractivity contribution is 0.181. The zero-order valence-electron chi connectivity index (χ0n) is 48.5. The second-order valence-corrected chi connectivity index (χ2v) is 13.7. The highest BCUT2D eigenvalue weighted by Crippen LogP contribution is 2.56. The van der Waals surface area contributed by atoms with Crippen LogP contribution in [0.3, 0.4) is 0 Å². The first-order valence-electron chi connectivity index (χ1n) is 27.6. The molecule has 0 aliphatic carbocycles. The van der Waals surface area contributed by atoms with Gasteiger partial charge >= 0.3 is 0 Å². The summed E-state index contributed by atoms with van der Waals surface area (Å²) in [7, 11) is 0. The quantitative estimate of drug-likeness (QED) is 0.165. The summed E-state index contributed by atoms with van der Waals surface area (Å²) in [5, 5.41) is 0.951. The molecule has 0 saturated heterocycles. The second kappa shape index (κ2) is 12.6. The summed E-state index contributed by atoms with van der Waals surface area (Å²) in [5.41, 5.74) is 0.941. The standard InChI is InChI=1S/C54H34N2O/c1-3-11-33(12-4-1)49-50(34-13-5-2-6-14-34)54(45-28-25-37-21-20-35-15-9-16-36-24-27-43(45)48(37)47(35)36)57-53(49)44-30-29-42(40-18-7-8-19-41(40)44)46-31-26-39-23-22-38-17-10-32-55-51(38)52(39)56-46/h1-32,50,54H/i1D,2D,3D,4D,5D,6D,9D,11D,12D,13D,14D,15D,16D,20D,21D,24D,25D,27D,28D. The van der Waals surface area contributed by atoms with Gasteiger partial charge in [0.15, 0.2) is 0 Å². The van der Waals surface area contributed by atoms with Crippen LogP contribution in [-0.2, 0) is 4.74 Å². The van der Waals surface area contributed by atoms with Crippen molar-refractivity contribution >= 4 is 76.2 Å². The van der Waals surface area contributed by atoms with E-state index in [1.807, 2.05) is 42.5 Å². The highest BCUT2D eigenvalue weighted by Gasteiger charge is 2.41. The molecular formula is C54H34N2O. The molecule has 2 atom stereocenters. The van der Waals surface area contributed by atoms with E-state index in [1.54, 1.807) is 36.5 Å². The van der Waals surface area contributed by atoms with Crippen molar-refractivity contribution in [1.82, 2.24) is 9.97 Å².